The lowest BCUT2D eigenvalue weighted by Crippen LogP contribution is -2.64. The van der Waals surface area contributed by atoms with Crippen molar-refractivity contribution in [2.45, 2.75) is 119 Å². The zero-order valence-electron chi connectivity index (χ0n) is 30.7. The molecule has 1 aromatic rings. The zero-order valence-corrected chi connectivity index (χ0v) is 30.7. The number of nitrogens with two attached hydrogens (primary N) is 1. The highest BCUT2D eigenvalue weighted by Gasteiger charge is 2.50. The van der Waals surface area contributed by atoms with Gasteiger partial charge < -0.3 is 82.8 Å². The van der Waals surface area contributed by atoms with Crippen LogP contribution in [0.3, 0.4) is 0 Å². The molecule has 15 N–H and O–H groups in total. The van der Waals surface area contributed by atoms with Gasteiger partial charge in [-0.3, -0.25) is 28.8 Å². The number of nitrogens with zero attached hydrogens (tertiary/aromatic N) is 2. The second kappa shape index (κ2) is 18.2. The Morgan fingerprint density at radius 3 is 1.80 bits per heavy atom. The van der Waals surface area contributed by atoms with Crippen molar-refractivity contribution in [3.63, 3.8) is 0 Å². The van der Waals surface area contributed by atoms with E-state index >= 15 is 0 Å². The van der Waals surface area contributed by atoms with Crippen molar-refractivity contribution in [3.8, 4) is 5.75 Å². The topological polar surface area (TPSA) is 365 Å². The summed E-state index contributed by atoms with van der Waals surface area (Å²) >= 11 is 0. The van der Waals surface area contributed by atoms with E-state index in [-0.39, 0.29) is 17.9 Å². The lowest BCUT2D eigenvalue weighted by molar-refractivity contribution is -0.148. The number of aliphatic hydroxyl groups excluding tert-OH is 8. The van der Waals surface area contributed by atoms with E-state index in [2.05, 4.69) is 16.0 Å². The molecule has 15 atom stereocenters. The van der Waals surface area contributed by atoms with Crippen molar-refractivity contribution in [2.24, 2.45) is 11.7 Å². The highest BCUT2D eigenvalue weighted by Crippen LogP contribution is 2.27. The van der Waals surface area contributed by atoms with Crippen molar-refractivity contribution < 1.29 is 74.7 Å². The quantitative estimate of drug-likeness (QED) is 0.132. The molecule has 0 aromatic heterocycles. The van der Waals surface area contributed by atoms with Crippen LogP contribution in [0.4, 0.5) is 0 Å². The molecule has 6 amide bonds. The Morgan fingerprint density at radius 1 is 0.696 bits per heavy atom. The van der Waals surface area contributed by atoms with E-state index < -0.39 is 146 Å². The summed E-state index contributed by atoms with van der Waals surface area (Å²) in [7, 11) is 0. The number of aromatic hydroxyl groups is 1. The molecule has 22 nitrogen and oxygen atoms in total. The third-order valence-corrected chi connectivity index (χ3v) is 10.2. The number of fused-ring (bicyclic) bond motifs is 2. The monoisotopic (exact) mass is 797 g/mol. The van der Waals surface area contributed by atoms with Crippen LogP contribution >= 0.6 is 0 Å². The van der Waals surface area contributed by atoms with Crippen LogP contribution in [-0.4, -0.2) is 183 Å². The largest absolute Gasteiger partial charge is 0.508 e. The molecule has 0 radical (unpaired) electrons. The van der Waals surface area contributed by atoms with Crippen molar-refractivity contribution in [3.05, 3.63) is 29.8 Å². The van der Waals surface area contributed by atoms with Crippen molar-refractivity contribution in [1.29, 1.82) is 0 Å². The summed E-state index contributed by atoms with van der Waals surface area (Å²) in [5, 5.41) is 105. The molecule has 3 heterocycles. The Kier molecular flexibility index (Phi) is 14.3. The average Bonchev–Trinajstić information content (AvgIpc) is 3.68. The predicted octanol–water partition coefficient (Wildman–Crippen LogP) is -7.30. The average molecular weight is 798 g/mol. The fourth-order valence-corrected chi connectivity index (χ4v) is 6.92. The highest BCUT2D eigenvalue weighted by atomic mass is 16.3. The Balaban J connectivity index is 1.80. The molecule has 1 aromatic carbocycles. The summed E-state index contributed by atoms with van der Waals surface area (Å²) in [5.74, 6) is -8.12. The minimum atomic E-state index is -2.24. The van der Waals surface area contributed by atoms with E-state index in [0.717, 1.165) is 35.8 Å². The molecule has 3 saturated heterocycles. The second-order valence-electron chi connectivity index (χ2n) is 14.6. The van der Waals surface area contributed by atoms with E-state index in [1.807, 2.05) is 5.32 Å². The minimum Gasteiger partial charge on any atom is -0.508 e. The van der Waals surface area contributed by atoms with Gasteiger partial charge in [-0.1, -0.05) is 19.1 Å². The Morgan fingerprint density at radius 2 is 1.23 bits per heavy atom. The maximum absolute atomic E-state index is 14.0. The van der Waals surface area contributed by atoms with Crippen LogP contribution in [0.25, 0.3) is 0 Å². The second-order valence-corrected chi connectivity index (χ2v) is 14.6. The van der Waals surface area contributed by atoms with Crippen LogP contribution < -0.4 is 27.0 Å². The predicted molar refractivity (Wildman–Crippen MR) is 188 cm³/mol. The molecule has 4 rings (SSSR count). The van der Waals surface area contributed by atoms with Crippen molar-refractivity contribution >= 4 is 35.4 Å². The number of rotatable bonds is 5. The van der Waals surface area contributed by atoms with Crippen LogP contribution in [0.15, 0.2) is 24.3 Å². The van der Waals surface area contributed by atoms with Crippen molar-refractivity contribution in [1.82, 2.24) is 31.1 Å². The summed E-state index contributed by atoms with van der Waals surface area (Å²) in [6.07, 6.45) is -15.8. The number of benzene rings is 1. The molecule has 22 heteroatoms. The van der Waals surface area contributed by atoms with Gasteiger partial charge in [-0.05, 0) is 31.5 Å². The van der Waals surface area contributed by atoms with E-state index in [1.54, 1.807) is 0 Å². The maximum Gasteiger partial charge on any atom is 0.248 e. The first kappa shape index (κ1) is 44.2. The number of amides is 6. The SMILES string of the molecule is C[C@@H](O)C1NC(=O)C([C@H](O)[C@@H](O)c2ccc(O)cc2)NC(=O)[C@@H]2C[C@@H](O)CN2C(=O)C([C@@H](C)O)NC(=O)[C@@H](N)C[C@@H](O)[C@@H](O)NC(=O)[C@@H]2C(O)[C@@H](C)CN2C1=O. The van der Waals surface area contributed by atoms with Crippen LogP contribution in [-0.2, 0) is 28.8 Å². The standard InChI is InChI=1S/C34H51N7O15/c1-12-10-41-24(25(12)47)32(54)39-30(52)20(46)9-18(35)28(50)36-21(13(2)42)33(55)40-11-17(45)8-19(40)29(51)38-23(31(53)37-22(14(3)43)34(41)56)27(49)26(48)15-4-6-16(44)7-5-15/h4-7,12-14,17-27,30,42-49,52H,8-11,35H2,1-3H3,(H,36,50)(H,37,53)(H,38,51)(H,39,54)/t12-,13+,14+,17+,18-,19-,20+,21?,22?,23?,24-,25?,26-,27-,30+/m0/s1. The molecular formula is C34H51N7O15. The Labute approximate surface area is 320 Å². The van der Waals surface area contributed by atoms with E-state index in [0.29, 0.717) is 0 Å². The molecule has 3 fully saturated rings. The van der Waals surface area contributed by atoms with Gasteiger partial charge in [-0.2, -0.15) is 0 Å². The molecule has 0 aliphatic carbocycles. The third-order valence-electron chi connectivity index (χ3n) is 10.2. The molecule has 3 aliphatic rings. The van der Waals surface area contributed by atoms with Gasteiger partial charge in [0.15, 0.2) is 6.23 Å². The van der Waals surface area contributed by atoms with Crippen LogP contribution in [0.5, 0.6) is 5.75 Å². The molecule has 0 saturated carbocycles. The number of hydrogen-bond acceptors (Lipinski definition) is 16. The number of carbonyl (C=O) groups is 6. The Bertz CT molecular complexity index is 1620. The van der Waals surface area contributed by atoms with Crippen LogP contribution in [0, 0.1) is 5.92 Å². The van der Waals surface area contributed by atoms with Crippen LogP contribution in [0.1, 0.15) is 45.3 Å². The van der Waals surface area contributed by atoms with Gasteiger partial charge >= 0.3 is 0 Å². The molecule has 56 heavy (non-hydrogen) atoms. The maximum atomic E-state index is 14.0. The molecular weight excluding hydrogens is 746 g/mol. The number of phenolic OH excluding ortho intramolecular Hbond substituents is 1. The fraction of sp³-hybridized carbons (Fsp3) is 0.647. The highest BCUT2D eigenvalue weighted by molar-refractivity contribution is 5.98. The molecule has 0 spiro atoms. The first-order valence-corrected chi connectivity index (χ1v) is 18.0. The molecule has 0 bridgehead atoms. The summed E-state index contributed by atoms with van der Waals surface area (Å²) in [6, 6.07) is -6.28. The fourth-order valence-electron chi connectivity index (χ4n) is 6.92. The Hall–Kier alpha value is -4.52. The van der Waals surface area contributed by atoms with Gasteiger partial charge in [0.1, 0.15) is 54.3 Å². The number of aliphatic hydroxyl groups is 8. The van der Waals surface area contributed by atoms with Gasteiger partial charge in [0.25, 0.3) is 0 Å². The number of phenols is 1. The summed E-state index contributed by atoms with van der Waals surface area (Å²) in [5.41, 5.74) is 5.88. The van der Waals surface area contributed by atoms with Crippen LogP contribution in [0.2, 0.25) is 0 Å². The first-order valence-electron chi connectivity index (χ1n) is 18.0. The minimum absolute atomic E-state index is 0.0501. The number of nitrogens with one attached hydrogen (secondary N) is 4. The lowest BCUT2D eigenvalue weighted by atomic mass is 9.96. The van der Waals surface area contributed by atoms with Crippen molar-refractivity contribution in [2.75, 3.05) is 13.1 Å². The summed E-state index contributed by atoms with van der Waals surface area (Å²) in [6.45, 7) is 2.85. The first-order chi connectivity index (χ1) is 26.1. The lowest BCUT2D eigenvalue weighted by Gasteiger charge is -2.34. The smallest absolute Gasteiger partial charge is 0.248 e. The normalized spacial score (nSPS) is 35.2. The van der Waals surface area contributed by atoms with Gasteiger partial charge in [-0.15, -0.1) is 0 Å². The number of carbonyl (C=O) groups excluding carboxylic acids is 6. The van der Waals surface area contributed by atoms with Gasteiger partial charge in [0.2, 0.25) is 35.4 Å². The van der Waals surface area contributed by atoms with Gasteiger partial charge in [-0.25, -0.2) is 0 Å². The van der Waals surface area contributed by atoms with Gasteiger partial charge in [0, 0.05) is 31.8 Å². The molecule has 3 aliphatic heterocycles. The summed E-state index contributed by atoms with van der Waals surface area (Å²) < 4.78 is 0. The molecule has 4 unspecified atom stereocenters. The van der Waals surface area contributed by atoms with Gasteiger partial charge in [0.05, 0.1) is 30.5 Å². The van der Waals surface area contributed by atoms with E-state index in [9.17, 15) is 74.7 Å². The molecule has 312 valence electrons. The van der Waals surface area contributed by atoms with E-state index in [4.69, 9.17) is 5.73 Å². The number of hydrogen-bond donors (Lipinski definition) is 14. The van der Waals surface area contributed by atoms with E-state index in [1.165, 1.54) is 19.1 Å². The third kappa shape index (κ3) is 9.70. The summed E-state index contributed by atoms with van der Waals surface area (Å²) in [4.78, 5) is 83.9. The zero-order chi connectivity index (χ0) is 41.9.